The SMILES string of the molecule is COc1ccc(C(=O)NNC(=O)[C@@H]2CCCN(C(=O)c3ccco3)C2)cc1OC. The molecule has 0 radical (unpaired) electrons. The van der Waals surface area contributed by atoms with Crippen LogP contribution in [0.4, 0.5) is 0 Å². The van der Waals surface area contributed by atoms with E-state index >= 15 is 0 Å². The van der Waals surface area contributed by atoms with E-state index in [4.69, 9.17) is 13.9 Å². The first-order chi connectivity index (χ1) is 14.0. The number of piperidine rings is 1. The predicted molar refractivity (Wildman–Crippen MR) is 102 cm³/mol. The van der Waals surface area contributed by atoms with Crippen molar-refractivity contribution in [1.29, 1.82) is 0 Å². The molecular weight excluding hydrogens is 378 g/mol. The maximum absolute atomic E-state index is 12.5. The number of likely N-dealkylation sites (tertiary alicyclic amines) is 1. The molecule has 29 heavy (non-hydrogen) atoms. The number of hydrogen-bond acceptors (Lipinski definition) is 6. The van der Waals surface area contributed by atoms with Crippen LogP contribution in [0.15, 0.2) is 41.0 Å². The number of carbonyl (C=O) groups excluding carboxylic acids is 3. The van der Waals surface area contributed by atoms with Gasteiger partial charge in [0.05, 0.1) is 26.4 Å². The molecule has 0 spiro atoms. The van der Waals surface area contributed by atoms with E-state index in [0.29, 0.717) is 36.4 Å². The van der Waals surface area contributed by atoms with Gasteiger partial charge in [-0.25, -0.2) is 0 Å². The van der Waals surface area contributed by atoms with Gasteiger partial charge in [-0.3, -0.25) is 25.2 Å². The first-order valence-corrected chi connectivity index (χ1v) is 9.18. The largest absolute Gasteiger partial charge is 0.493 e. The van der Waals surface area contributed by atoms with Crippen LogP contribution in [0.5, 0.6) is 11.5 Å². The highest BCUT2D eigenvalue weighted by atomic mass is 16.5. The second-order valence-corrected chi connectivity index (χ2v) is 6.58. The van der Waals surface area contributed by atoms with Crippen LogP contribution in [0, 0.1) is 5.92 Å². The van der Waals surface area contributed by atoms with Gasteiger partial charge in [-0.15, -0.1) is 0 Å². The van der Waals surface area contributed by atoms with Gasteiger partial charge in [0.25, 0.3) is 11.8 Å². The van der Waals surface area contributed by atoms with Crippen LogP contribution in [-0.2, 0) is 4.79 Å². The average Bonchev–Trinajstić information content (AvgIpc) is 3.31. The minimum atomic E-state index is -0.487. The lowest BCUT2D eigenvalue weighted by molar-refractivity contribution is -0.127. The molecule has 9 heteroatoms. The highest BCUT2D eigenvalue weighted by molar-refractivity contribution is 5.96. The Morgan fingerprint density at radius 3 is 2.59 bits per heavy atom. The van der Waals surface area contributed by atoms with Crippen LogP contribution in [0.1, 0.15) is 33.8 Å². The summed E-state index contributed by atoms with van der Waals surface area (Å²) >= 11 is 0. The van der Waals surface area contributed by atoms with Gasteiger partial charge < -0.3 is 18.8 Å². The molecule has 1 atom stereocenters. The molecule has 3 amide bonds. The van der Waals surface area contributed by atoms with Crippen LogP contribution >= 0.6 is 0 Å². The molecule has 154 valence electrons. The van der Waals surface area contributed by atoms with Gasteiger partial charge in [-0.1, -0.05) is 0 Å². The molecule has 9 nitrogen and oxygen atoms in total. The van der Waals surface area contributed by atoms with Gasteiger partial charge in [0.15, 0.2) is 17.3 Å². The monoisotopic (exact) mass is 401 g/mol. The molecule has 1 fully saturated rings. The molecule has 1 aromatic carbocycles. The van der Waals surface area contributed by atoms with E-state index < -0.39 is 11.8 Å². The molecule has 1 aliphatic rings. The summed E-state index contributed by atoms with van der Waals surface area (Å²) in [7, 11) is 2.97. The third kappa shape index (κ3) is 4.68. The fourth-order valence-electron chi connectivity index (χ4n) is 3.20. The summed E-state index contributed by atoms with van der Waals surface area (Å²) in [6.45, 7) is 0.818. The van der Waals surface area contributed by atoms with Crippen LogP contribution in [0.25, 0.3) is 0 Å². The second-order valence-electron chi connectivity index (χ2n) is 6.58. The molecule has 0 bridgehead atoms. The van der Waals surface area contributed by atoms with Crippen LogP contribution in [0.2, 0.25) is 0 Å². The van der Waals surface area contributed by atoms with Crippen molar-refractivity contribution in [2.24, 2.45) is 5.92 Å². The molecule has 0 unspecified atom stereocenters. The Morgan fingerprint density at radius 1 is 1.10 bits per heavy atom. The van der Waals surface area contributed by atoms with E-state index in [-0.39, 0.29) is 24.1 Å². The zero-order chi connectivity index (χ0) is 20.8. The van der Waals surface area contributed by atoms with Crippen molar-refractivity contribution >= 4 is 17.7 Å². The van der Waals surface area contributed by atoms with Crippen molar-refractivity contribution in [3.8, 4) is 11.5 Å². The van der Waals surface area contributed by atoms with E-state index in [1.807, 2.05) is 0 Å². The first-order valence-electron chi connectivity index (χ1n) is 9.18. The molecule has 1 aromatic heterocycles. The minimum Gasteiger partial charge on any atom is -0.493 e. The predicted octanol–water partition coefficient (Wildman–Crippen LogP) is 1.61. The Hall–Kier alpha value is -3.49. The molecule has 0 saturated carbocycles. The highest BCUT2D eigenvalue weighted by Crippen LogP contribution is 2.27. The Kier molecular flexibility index (Phi) is 6.38. The lowest BCUT2D eigenvalue weighted by Crippen LogP contribution is -2.50. The molecular formula is C20H23N3O6. The fourth-order valence-corrected chi connectivity index (χ4v) is 3.20. The van der Waals surface area contributed by atoms with Gasteiger partial charge >= 0.3 is 0 Å². The Bertz CT molecular complexity index is 880. The minimum absolute atomic E-state index is 0.243. The summed E-state index contributed by atoms with van der Waals surface area (Å²) in [6, 6.07) is 7.92. The van der Waals surface area contributed by atoms with Gasteiger partial charge in [-0.2, -0.15) is 0 Å². The van der Waals surface area contributed by atoms with E-state index in [9.17, 15) is 14.4 Å². The van der Waals surface area contributed by atoms with Crippen LogP contribution < -0.4 is 20.3 Å². The number of benzene rings is 1. The van der Waals surface area contributed by atoms with Crippen molar-refractivity contribution < 1.29 is 28.3 Å². The van der Waals surface area contributed by atoms with Crippen LogP contribution in [0.3, 0.4) is 0 Å². The molecule has 2 N–H and O–H groups in total. The van der Waals surface area contributed by atoms with Crippen molar-refractivity contribution in [2.75, 3.05) is 27.3 Å². The second kappa shape index (κ2) is 9.13. The lowest BCUT2D eigenvalue weighted by Gasteiger charge is -2.31. The first kappa shape index (κ1) is 20.2. The third-order valence-corrected chi connectivity index (χ3v) is 4.76. The number of methoxy groups -OCH3 is 2. The number of amides is 3. The highest BCUT2D eigenvalue weighted by Gasteiger charge is 2.30. The average molecular weight is 401 g/mol. The molecule has 2 aromatic rings. The van der Waals surface area contributed by atoms with Gasteiger partial charge in [0.1, 0.15) is 0 Å². The standard InChI is InChI=1S/C20H23N3O6/c1-27-15-8-7-13(11-17(15)28-2)18(24)21-22-19(25)14-5-3-9-23(12-14)20(26)16-6-4-10-29-16/h4,6-8,10-11,14H,3,5,9,12H2,1-2H3,(H,21,24)(H,22,25)/t14-/m1/s1. The molecule has 1 aliphatic heterocycles. The molecule has 0 aliphatic carbocycles. The van der Waals surface area contributed by atoms with E-state index in [0.717, 1.165) is 0 Å². The Balaban J connectivity index is 1.56. The summed E-state index contributed by atoms with van der Waals surface area (Å²) in [4.78, 5) is 38.8. The summed E-state index contributed by atoms with van der Waals surface area (Å²) in [5, 5.41) is 0. The van der Waals surface area contributed by atoms with E-state index in [2.05, 4.69) is 10.9 Å². The summed E-state index contributed by atoms with van der Waals surface area (Å²) in [5.74, 6) is -0.361. The van der Waals surface area contributed by atoms with Crippen molar-refractivity contribution in [1.82, 2.24) is 15.8 Å². The maximum Gasteiger partial charge on any atom is 0.289 e. The Labute approximate surface area is 167 Å². The van der Waals surface area contributed by atoms with Gasteiger partial charge in [0, 0.05) is 18.7 Å². The fraction of sp³-hybridized carbons (Fsp3) is 0.350. The van der Waals surface area contributed by atoms with Crippen molar-refractivity contribution in [3.63, 3.8) is 0 Å². The lowest BCUT2D eigenvalue weighted by atomic mass is 9.97. The van der Waals surface area contributed by atoms with Crippen LogP contribution in [-0.4, -0.2) is 49.9 Å². The number of furan rings is 1. The summed E-state index contributed by atoms with van der Waals surface area (Å²) < 4.78 is 15.5. The number of carbonyl (C=O) groups is 3. The zero-order valence-corrected chi connectivity index (χ0v) is 16.3. The number of nitrogens with zero attached hydrogens (tertiary/aromatic N) is 1. The van der Waals surface area contributed by atoms with E-state index in [1.54, 1.807) is 29.2 Å². The quantitative estimate of drug-likeness (QED) is 0.737. The Morgan fingerprint density at radius 2 is 1.90 bits per heavy atom. The zero-order valence-electron chi connectivity index (χ0n) is 16.3. The number of hydrogen-bond donors (Lipinski definition) is 2. The number of hydrazine groups is 1. The van der Waals surface area contributed by atoms with Gasteiger partial charge in [0.2, 0.25) is 5.91 Å². The number of rotatable bonds is 5. The number of ether oxygens (including phenoxy) is 2. The summed E-state index contributed by atoms with van der Waals surface area (Å²) in [6.07, 6.45) is 2.75. The molecule has 3 rings (SSSR count). The smallest absolute Gasteiger partial charge is 0.289 e. The normalized spacial score (nSPS) is 16.1. The maximum atomic E-state index is 12.5. The topological polar surface area (TPSA) is 110 Å². The number of nitrogens with one attached hydrogen (secondary N) is 2. The molecule has 2 heterocycles. The summed E-state index contributed by atoms with van der Waals surface area (Å²) in [5.41, 5.74) is 5.15. The van der Waals surface area contributed by atoms with Crippen molar-refractivity contribution in [2.45, 2.75) is 12.8 Å². The van der Waals surface area contributed by atoms with Crippen molar-refractivity contribution in [3.05, 3.63) is 47.9 Å². The van der Waals surface area contributed by atoms with E-state index in [1.165, 1.54) is 26.5 Å². The molecule has 1 saturated heterocycles. The van der Waals surface area contributed by atoms with Gasteiger partial charge in [-0.05, 0) is 43.2 Å². The third-order valence-electron chi connectivity index (χ3n) is 4.76.